The summed E-state index contributed by atoms with van der Waals surface area (Å²) in [6, 6.07) is 8.91. The molecule has 0 aliphatic heterocycles. The van der Waals surface area contributed by atoms with Gasteiger partial charge < -0.3 is 0 Å². The quantitative estimate of drug-likeness (QED) is 0.633. The van der Waals surface area contributed by atoms with Crippen LogP contribution in [0.2, 0.25) is 0 Å². The van der Waals surface area contributed by atoms with Crippen LogP contribution in [0.15, 0.2) is 42.6 Å². The zero-order valence-electron chi connectivity index (χ0n) is 9.43. The highest BCUT2D eigenvalue weighted by molar-refractivity contribution is 6.00. The van der Waals surface area contributed by atoms with E-state index in [1.165, 1.54) is 12.1 Å². The summed E-state index contributed by atoms with van der Waals surface area (Å²) in [6.07, 6.45) is -2.96. The van der Waals surface area contributed by atoms with Gasteiger partial charge in [-0.05, 0) is 18.2 Å². The fourth-order valence-corrected chi connectivity index (χ4v) is 1.52. The average Bonchev–Trinajstić information content (AvgIpc) is 2.87. The van der Waals surface area contributed by atoms with Crippen LogP contribution in [-0.2, 0) is 0 Å². The highest BCUT2D eigenvalue weighted by atomic mass is 19.3. The Kier molecular flexibility index (Phi) is 3.37. The van der Waals surface area contributed by atoms with Crippen molar-refractivity contribution >= 4 is 5.78 Å². The lowest BCUT2D eigenvalue weighted by Crippen LogP contribution is -2.37. The molecule has 0 atom stereocenters. The lowest BCUT2D eigenvalue weighted by molar-refractivity contribution is -0.0961. The second-order valence-electron chi connectivity index (χ2n) is 3.72. The topological polar surface area (TPSA) is 34.9 Å². The van der Waals surface area contributed by atoms with Crippen LogP contribution in [0, 0.1) is 0 Å². The molecule has 2 aromatic rings. The van der Waals surface area contributed by atoms with Crippen molar-refractivity contribution in [1.29, 1.82) is 0 Å². The van der Waals surface area contributed by atoms with Crippen LogP contribution in [0.1, 0.15) is 10.5 Å². The number of ketones is 1. The number of hydrogen-bond donors (Lipinski definition) is 0. The number of nitrogens with zero attached hydrogens (tertiary/aromatic N) is 2. The number of Topliss-reactive ketones (excluding diaryl/α,β-unsaturated/α-hetero) is 1. The summed E-state index contributed by atoms with van der Waals surface area (Å²) >= 11 is 0. The Balaban J connectivity index is 2.44. The first-order chi connectivity index (χ1) is 8.94. The SMILES string of the molecule is O=C(c1ccnn1-c1ccccc1)C(F)(F)C(F)F. The second-order valence-corrected chi connectivity index (χ2v) is 3.72. The maximum absolute atomic E-state index is 13.1. The van der Waals surface area contributed by atoms with Crippen molar-refractivity contribution in [2.24, 2.45) is 0 Å². The van der Waals surface area contributed by atoms with Crippen LogP contribution in [0.4, 0.5) is 17.6 Å². The van der Waals surface area contributed by atoms with Gasteiger partial charge in [0.05, 0.1) is 11.9 Å². The highest BCUT2D eigenvalue weighted by Gasteiger charge is 2.50. The molecule has 2 rings (SSSR count). The summed E-state index contributed by atoms with van der Waals surface area (Å²) in [7, 11) is 0. The number of hydrogen-bond acceptors (Lipinski definition) is 2. The molecule has 7 heteroatoms. The minimum atomic E-state index is -4.73. The van der Waals surface area contributed by atoms with Crippen LogP contribution in [0.5, 0.6) is 0 Å². The Morgan fingerprint density at radius 3 is 2.37 bits per heavy atom. The summed E-state index contributed by atoms with van der Waals surface area (Å²) in [6.45, 7) is 0. The van der Waals surface area contributed by atoms with Crippen molar-refractivity contribution in [2.45, 2.75) is 12.3 Å². The van der Waals surface area contributed by atoms with Crippen LogP contribution in [0.25, 0.3) is 5.69 Å². The van der Waals surface area contributed by atoms with E-state index in [4.69, 9.17) is 0 Å². The van der Waals surface area contributed by atoms with E-state index in [2.05, 4.69) is 5.10 Å². The Hall–Kier alpha value is -2.18. The van der Waals surface area contributed by atoms with Crippen molar-refractivity contribution in [2.75, 3.05) is 0 Å². The number of para-hydroxylation sites is 1. The van der Waals surface area contributed by atoms with Gasteiger partial charge in [0.25, 0.3) is 5.78 Å². The molecule has 0 aliphatic carbocycles. The predicted octanol–water partition coefficient (Wildman–Crippen LogP) is 2.96. The molecule has 1 aromatic carbocycles. The molecule has 19 heavy (non-hydrogen) atoms. The third kappa shape index (κ3) is 2.35. The van der Waals surface area contributed by atoms with Crippen LogP contribution < -0.4 is 0 Å². The van der Waals surface area contributed by atoms with Gasteiger partial charge in [0.1, 0.15) is 5.69 Å². The van der Waals surface area contributed by atoms with E-state index < -0.39 is 23.8 Å². The minimum absolute atomic E-state index is 0.334. The molecule has 100 valence electrons. The normalized spacial score (nSPS) is 11.8. The van der Waals surface area contributed by atoms with E-state index in [1.807, 2.05) is 0 Å². The highest BCUT2D eigenvalue weighted by Crippen LogP contribution is 2.28. The third-order valence-electron chi connectivity index (χ3n) is 2.45. The molecule has 0 fully saturated rings. The van der Waals surface area contributed by atoms with Crippen LogP contribution in [0.3, 0.4) is 0 Å². The molecule has 0 radical (unpaired) electrons. The van der Waals surface area contributed by atoms with E-state index in [9.17, 15) is 22.4 Å². The molecule has 1 heterocycles. The van der Waals surface area contributed by atoms with Crippen molar-refractivity contribution in [3.63, 3.8) is 0 Å². The molecule has 0 aliphatic rings. The number of aromatic nitrogens is 2. The van der Waals surface area contributed by atoms with E-state index in [0.29, 0.717) is 5.69 Å². The number of carbonyl (C=O) groups excluding carboxylic acids is 1. The largest absolute Gasteiger partial charge is 0.370 e. The molecule has 0 N–H and O–H groups in total. The monoisotopic (exact) mass is 272 g/mol. The summed E-state index contributed by atoms with van der Waals surface area (Å²) < 4.78 is 51.4. The lowest BCUT2D eigenvalue weighted by Gasteiger charge is -2.14. The van der Waals surface area contributed by atoms with Gasteiger partial charge in [0.15, 0.2) is 0 Å². The summed E-state index contributed by atoms with van der Waals surface area (Å²) in [5, 5.41) is 3.70. The second kappa shape index (κ2) is 4.83. The standard InChI is InChI=1S/C12H8F4N2O/c13-11(14)12(15,16)10(19)9-6-7-17-18(9)8-4-2-1-3-5-8/h1-7,11H. The third-order valence-corrected chi connectivity index (χ3v) is 2.45. The van der Waals surface area contributed by atoms with Crippen molar-refractivity contribution in [1.82, 2.24) is 9.78 Å². The maximum atomic E-state index is 13.1. The summed E-state index contributed by atoms with van der Waals surface area (Å²) in [4.78, 5) is 11.5. The van der Waals surface area contributed by atoms with E-state index >= 15 is 0 Å². The molecular weight excluding hydrogens is 264 g/mol. The first-order valence-electron chi connectivity index (χ1n) is 5.25. The van der Waals surface area contributed by atoms with Gasteiger partial charge in [0, 0.05) is 0 Å². The Labute approximate surface area is 105 Å². The molecule has 0 amide bonds. The van der Waals surface area contributed by atoms with Gasteiger partial charge in [-0.3, -0.25) is 4.79 Å². The zero-order chi connectivity index (χ0) is 14.0. The van der Waals surface area contributed by atoms with Crippen LogP contribution >= 0.6 is 0 Å². The smallest absolute Gasteiger partial charge is 0.285 e. The Bertz CT molecular complexity index is 580. The van der Waals surface area contributed by atoms with Gasteiger partial charge >= 0.3 is 12.3 Å². The van der Waals surface area contributed by atoms with Gasteiger partial charge in [-0.2, -0.15) is 13.9 Å². The number of carbonyl (C=O) groups is 1. The van der Waals surface area contributed by atoms with Crippen LogP contribution in [-0.4, -0.2) is 27.9 Å². The molecular formula is C12H8F4N2O. The molecule has 0 saturated heterocycles. The molecule has 0 unspecified atom stereocenters. The summed E-state index contributed by atoms with van der Waals surface area (Å²) in [5.41, 5.74) is -0.252. The zero-order valence-corrected chi connectivity index (χ0v) is 9.43. The average molecular weight is 272 g/mol. The van der Waals surface area contributed by atoms with Gasteiger partial charge in [-0.25, -0.2) is 13.5 Å². The maximum Gasteiger partial charge on any atom is 0.370 e. The molecule has 0 saturated carbocycles. The van der Waals surface area contributed by atoms with Crippen molar-refractivity contribution in [3.05, 3.63) is 48.3 Å². The number of halogens is 4. The van der Waals surface area contributed by atoms with E-state index in [0.717, 1.165) is 16.9 Å². The number of benzene rings is 1. The first-order valence-corrected chi connectivity index (χ1v) is 5.25. The fraction of sp³-hybridized carbons (Fsp3) is 0.167. The van der Waals surface area contributed by atoms with E-state index in [-0.39, 0.29) is 0 Å². The predicted molar refractivity (Wildman–Crippen MR) is 58.8 cm³/mol. The lowest BCUT2D eigenvalue weighted by atomic mass is 10.1. The van der Waals surface area contributed by atoms with Gasteiger partial charge in [-0.1, -0.05) is 18.2 Å². The van der Waals surface area contributed by atoms with Gasteiger partial charge in [0.2, 0.25) is 0 Å². The molecule has 0 bridgehead atoms. The van der Waals surface area contributed by atoms with Crippen molar-refractivity contribution < 1.29 is 22.4 Å². The molecule has 3 nitrogen and oxygen atoms in total. The van der Waals surface area contributed by atoms with E-state index in [1.54, 1.807) is 18.2 Å². The Morgan fingerprint density at radius 1 is 1.16 bits per heavy atom. The molecule has 1 aromatic heterocycles. The Morgan fingerprint density at radius 2 is 1.79 bits per heavy atom. The summed E-state index contributed by atoms with van der Waals surface area (Å²) in [5.74, 6) is -6.68. The number of alkyl halides is 4. The first kappa shape index (κ1) is 13.3. The fourth-order valence-electron chi connectivity index (χ4n) is 1.52. The van der Waals surface area contributed by atoms with Crippen molar-refractivity contribution in [3.8, 4) is 5.69 Å². The molecule has 0 spiro atoms. The number of rotatable bonds is 4. The minimum Gasteiger partial charge on any atom is -0.285 e. The van der Waals surface area contributed by atoms with Gasteiger partial charge in [-0.15, -0.1) is 0 Å².